The molecule has 33 heavy (non-hydrogen) atoms. The molecule has 2 amide bonds. The van der Waals surface area contributed by atoms with Crippen LogP contribution in [0.2, 0.25) is 5.02 Å². The number of aryl methyl sites for hydroxylation is 1. The van der Waals surface area contributed by atoms with E-state index in [2.05, 4.69) is 0 Å². The Labute approximate surface area is 198 Å². The molecule has 1 spiro atoms. The molecule has 3 saturated heterocycles. The number of anilines is 1. The topological polar surface area (TPSA) is 84.0 Å². The van der Waals surface area contributed by atoms with Gasteiger partial charge in [0, 0.05) is 23.2 Å². The van der Waals surface area contributed by atoms with Crippen LogP contribution in [0.1, 0.15) is 63.9 Å². The second kappa shape index (κ2) is 8.12. The van der Waals surface area contributed by atoms with Gasteiger partial charge in [0.1, 0.15) is 5.78 Å². The van der Waals surface area contributed by atoms with E-state index in [1.807, 2.05) is 11.8 Å². The van der Waals surface area contributed by atoms with Crippen LogP contribution in [0, 0.1) is 12.8 Å². The average molecular weight is 473 g/mol. The number of amides is 2. The first-order chi connectivity index (χ1) is 15.8. The van der Waals surface area contributed by atoms with E-state index < -0.39 is 29.6 Å². The third-order valence-electron chi connectivity index (χ3n) is 7.89. The van der Waals surface area contributed by atoms with Crippen molar-refractivity contribution in [1.29, 1.82) is 0 Å². The molecule has 3 aliphatic heterocycles. The fourth-order valence-corrected chi connectivity index (χ4v) is 6.83. The summed E-state index contributed by atoms with van der Waals surface area (Å²) in [7, 11) is 0. The molecule has 4 unspecified atom stereocenters. The zero-order valence-electron chi connectivity index (χ0n) is 19.0. The maximum Gasteiger partial charge on any atom is 0.307 e. The van der Waals surface area contributed by atoms with Gasteiger partial charge in [0.15, 0.2) is 11.6 Å². The summed E-state index contributed by atoms with van der Waals surface area (Å²) in [6.45, 7) is 3.33. The number of Topliss-reactive ketones (excluding diaryl/α,β-unsaturated/α-hetero) is 1. The molecule has 176 valence electrons. The van der Waals surface area contributed by atoms with Crippen molar-refractivity contribution in [1.82, 2.24) is 4.90 Å². The lowest BCUT2D eigenvalue weighted by Gasteiger charge is -2.38. The minimum absolute atomic E-state index is 0.0208. The number of hydrogen-bond donors (Lipinski definition) is 0. The quantitative estimate of drug-likeness (QED) is 0.494. The summed E-state index contributed by atoms with van der Waals surface area (Å²) in [5, 5.41) is 0.538. The SMILES string of the molecule is CC(=O)CC1N(C2CCCCCC2)C(=O)C2N(c3ccc(Cl)cc3C)C(=O)C3CC(=O)OC321. The van der Waals surface area contributed by atoms with Crippen LogP contribution in [0.3, 0.4) is 0 Å². The summed E-state index contributed by atoms with van der Waals surface area (Å²) >= 11 is 6.15. The molecule has 0 N–H and O–H groups in total. The Kier molecular flexibility index (Phi) is 5.51. The summed E-state index contributed by atoms with van der Waals surface area (Å²) in [6, 6.07) is 3.58. The smallest absolute Gasteiger partial charge is 0.307 e. The van der Waals surface area contributed by atoms with Crippen molar-refractivity contribution in [3.05, 3.63) is 28.8 Å². The second-order valence-corrected chi connectivity index (χ2v) is 10.4. The standard InChI is InChI=1S/C25H29ClN2O5/c1-14-11-16(26)9-10-19(14)28-22-24(32)27(17-7-5-3-4-6-8-17)20(12-15(2)29)25(22)18(23(28)31)13-21(30)33-25/h9-11,17-18,20,22H,3-8,12-13H2,1-2H3. The first kappa shape index (κ1) is 22.4. The van der Waals surface area contributed by atoms with Gasteiger partial charge in [0.25, 0.3) is 5.91 Å². The number of carbonyl (C=O) groups is 4. The minimum atomic E-state index is -1.34. The van der Waals surface area contributed by atoms with Crippen molar-refractivity contribution in [3.63, 3.8) is 0 Å². The van der Waals surface area contributed by atoms with Crippen molar-refractivity contribution in [3.8, 4) is 0 Å². The van der Waals surface area contributed by atoms with E-state index in [1.165, 1.54) is 11.8 Å². The minimum Gasteiger partial charge on any atom is -0.453 e. The number of likely N-dealkylation sites (tertiary alicyclic amines) is 1. The molecule has 5 rings (SSSR count). The van der Waals surface area contributed by atoms with Gasteiger partial charge in [-0.05, 0) is 50.5 Å². The number of esters is 1. The van der Waals surface area contributed by atoms with Gasteiger partial charge in [0.2, 0.25) is 5.91 Å². The lowest BCUT2D eigenvalue weighted by molar-refractivity contribution is -0.153. The Morgan fingerprint density at radius 3 is 2.45 bits per heavy atom. The van der Waals surface area contributed by atoms with Crippen molar-refractivity contribution >= 4 is 40.9 Å². The van der Waals surface area contributed by atoms with Gasteiger partial charge >= 0.3 is 5.97 Å². The van der Waals surface area contributed by atoms with Crippen LogP contribution in [0.25, 0.3) is 0 Å². The molecule has 0 radical (unpaired) electrons. The van der Waals surface area contributed by atoms with E-state index in [9.17, 15) is 19.2 Å². The van der Waals surface area contributed by atoms with Crippen LogP contribution < -0.4 is 4.90 Å². The third-order valence-corrected chi connectivity index (χ3v) is 8.12. The Morgan fingerprint density at radius 1 is 1.12 bits per heavy atom. The highest BCUT2D eigenvalue weighted by Crippen LogP contribution is 2.56. The number of benzene rings is 1. The lowest BCUT2D eigenvalue weighted by Crippen LogP contribution is -2.54. The first-order valence-corrected chi connectivity index (χ1v) is 12.3. The molecular weight excluding hydrogens is 444 g/mol. The fourth-order valence-electron chi connectivity index (χ4n) is 6.61. The highest BCUT2D eigenvalue weighted by Gasteiger charge is 2.77. The summed E-state index contributed by atoms with van der Waals surface area (Å²) in [6.07, 6.45) is 5.99. The highest BCUT2D eigenvalue weighted by molar-refractivity contribution is 6.30. The molecule has 1 aromatic carbocycles. The zero-order chi connectivity index (χ0) is 23.5. The molecule has 4 fully saturated rings. The van der Waals surface area contributed by atoms with Crippen LogP contribution >= 0.6 is 11.6 Å². The van der Waals surface area contributed by atoms with E-state index in [-0.39, 0.29) is 36.5 Å². The summed E-state index contributed by atoms with van der Waals surface area (Å²) in [4.78, 5) is 56.1. The molecule has 1 saturated carbocycles. The van der Waals surface area contributed by atoms with Crippen LogP contribution in [0.4, 0.5) is 5.69 Å². The molecule has 0 aromatic heterocycles. The molecule has 1 aliphatic carbocycles. The van der Waals surface area contributed by atoms with Gasteiger partial charge in [-0.3, -0.25) is 24.1 Å². The van der Waals surface area contributed by atoms with Gasteiger partial charge in [0.05, 0.1) is 18.4 Å². The second-order valence-electron chi connectivity index (χ2n) is 9.94. The molecule has 4 atom stereocenters. The fraction of sp³-hybridized carbons (Fsp3) is 0.600. The van der Waals surface area contributed by atoms with Crippen LogP contribution in [0.15, 0.2) is 18.2 Å². The number of ether oxygens (including phenoxy) is 1. The third kappa shape index (κ3) is 3.30. The van der Waals surface area contributed by atoms with E-state index in [0.29, 0.717) is 10.7 Å². The Balaban J connectivity index is 1.66. The van der Waals surface area contributed by atoms with Crippen molar-refractivity contribution in [2.75, 3.05) is 4.90 Å². The van der Waals surface area contributed by atoms with Gasteiger partial charge in [-0.15, -0.1) is 0 Å². The van der Waals surface area contributed by atoms with Gasteiger partial charge < -0.3 is 9.64 Å². The van der Waals surface area contributed by atoms with Gasteiger partial charge in [-0.1, -0.05) is 37.3 Å². The average Bonchev–Trinajstić information content (AvgIpc) is 3.14. The van der Waals surface area contributed by atoms with Crippen LogP contribution in [0.5, 0.6) is 0 Å². The summed E-state index contributed by atoms with van der Waals surface area (Å²) < 4.78 is 5.98. The molecule has 3 heterocycles. The Bertz CT molecular complexity index is 1030. The normalized spacial score (nSPS) is 32.1. The predicted octanol–water partition coefficient (Wildman–Crippen LogP) is 3.58. The number of nitrogens with zero attached hydrogens (tertiary/aromatic N) is 2. The number of rotatable bonds is 4. The number of hydrogen-bond acceptors (Lipinski definition) is 5. The van der Waals surface area contributed by atoms with Crippen molar-refractivity contribution < 1.29 is 23.9 Å². The zero-order valence-corrected chi connectivity index (χ0v) is 19.8. The molecule has 0 bridgehead atoms. The number of halogens is 1. The molecular formula is C25H29ClN2O5. The lowest BCUT2D eigenvalue weighted by atomic mass is 9.79. The van der Waals surface area contributed by atoms with E-state index in [1.54, 1.807) is 18.2 Å². The predicted molar refractivity (Wildman–Crippen MR) is 122 cm³/mol. The van der Waals surface area contributed by atoms with Gasteiger partial charge in [-0.25, -0.2) is 0 Å². The van der Waals surface area contributed by atoms with E-state index in [0.717, 1.165) is 44.1 Å². The van der Waals surface area contributed by atoms with Crippen molar-refractivity contribution in [2.45, 2.75) is 88.9 Å². The highest BCUT2D eigenvalue weighted by atomic mass is 35.5. The maximum atomic E-state index is 14.1. The van der Waals surface area contributed by atoms with Crippen molar-refractivity contribution in [2.24, 2.45) is 5.92 Å². The maximum absolute atomic E-state index is 14.1. The summed E-state index contributed by atoms with van der Waals surface area (Å²) in [5.41, 5.74) is 0.0213. The Morgan fingerprint density at radius 2 is 1.82 bits per heavy atom. The first-order valence-electron chi connectivity index (χ1n) is 11.9. The summed E-state index contributed by atoms with van der Waals surface area (Å²) in [5.74, 6) is -1.85. The van der Waals surface area contributed by atoms with Crippen LogP contribution in [-0.4, -0.2) is 52.2 Å². The largest absolute Gasteiger partial charge is 0.453 e. The van der Waals surface area contributed by atoms with E-state index in [4.69, 9.17) is 16.3 Å². The van der Waals surface area contributed by atoms with Gasteiger partial charge in [-0.2, -0.15) is 0 Å². The van der Waals surface area contributed by atoms with Crippen LogP contribution in [-0.2, 0) is 23.9 Å². The molecule has 8 heteroatoms. The Hall–Kier alpha value is -2.41. The number of ketones is 1. The molecule has 4 aliphatic rings. The number of carbonyl (C=O) groups excluding carboxylic acids is 4. The molecule has 7 nitrogen and oxygen atoms in total. The monoisotopic (exact) mass is 472 g/mol. The van der Waals surface area contributed by atoms with E-state index >= 15 is 0 Å². The molecule has 1 aromatic rings.